The first-order valence-corrected chi connectivity index (χ1v) is 7.38. The van der Waals surface area contributed by atoms with Gasteiger partial charge in [-0.25, -0.2) is 0 Å². The van der Waals surface area contributed by atoms with Crippen LogP contribution < -0.4 is 15.2 Å². The maximum atomic E-state index is 6.42. The Morgan fingerprint density at radius 1 is 1.14 bits per heavy atom. The molecule has 0 unspecified atom stereocenters. The molecule has 0 saturated heterocycles. The van der Waals surface area contributed by atoms with Crippen LogP contribution in [0.5, 0.6) is 11.5 Å². The molecule has 1 heterocycles. The van der Waals surface area contributed by atoms with Crippen molar-refractivity contribution in [1.29, 1.82) is 0 Å². The van der Waals surface area contributed by atoms with E-state index in [4.69, 9.17) is 15.2 Å². The molecule has 3 heteroatoms. The van der Waals surface area contributed by atoms with Crippen molar-refractivity contribution >= 4 is 0 Å². The molecule has 3 nitrogen and oxygen atoms in total. The van der Waals surface area contributed by atoms with E-state index in [1.54, 1.807) is 7.11 Å². The summed E-state index contributed by atoms with van der Waals surface area (Å²) in [6.45, 7) is 0. The molecule has 2 aromatic carbocycles. The lowest BCUT2D eigenvalue weighted by Gasteiger charge is -2.38. The molecule has 21 heavy (non-hydrogen) atoms. The van der Waals surface area contributed by atoms with Gasteiger partial charge in [-0.3, -0.25) is 0 Å². The van der Waals surface area contributed by atoms with Crippen LogP contribution >= 0.6 is 0 Å². The van der Waals surface area contributed by atoms with Gasteiger partial charge in [-0.1, -0.05) is 24.3 Å². The molecule has 2 aliphatic rings. The van der Waals surface area contributed by atoms with E-state index >= 15 is 0 Å². The third kappa shape index (κ3) is 2.00. The van der Waals surface area contributed by atoms with Gasteiger partial charge in [0, 0.05) is 30.9 Å². The topological polar surface area (TPSA) is 44.5 Å². The summed E-state index contributed by atoms with van der Waals surface area (Å²) in [7, 11) is 1.67. The molecule has 0 radical (unpaired) electrons. The molecule has 1 spiro atoms. The van der Waals surface area contributed by atoms with Gasteiger partial charge in [-0.05, 0) is 29.3 Å². The van der Waals surface area contributed by atoms with Gasteiger partial charge >= 0.3 is 0 Å². The highest BCUT2D eigenvalue weighted by Gasteiger charge is 2.44. The van der Waals surface area contributed by atoms with Crippen molar-refractivity contribution in [1.82, 2.24) is 0 Å². The summed E-state index contributed by atoms with van der Waals surface area (Å²) in [5.74, 6) is 1.74. The van der Waals surface area contributed by atoms with E-state index in [1.165, 1.54) is 11.1 Å². The summed E-state index contributed by atoms with van der Waals surface area (Å²) >= 11 is 0. The maximum Gasteiger partial charge on any atom is 0.125 e. The first-order chi connectivity index (χ1) is 10.2. The van der Waals surface area contributed by atoms with E-state index in [9.17, 15) is 0 Å². The zero-order valence-corrected chi connectivity index (χ0v) is 12.1. The summed E-state index contributed by atoms with van der Waals surface area (Å²) in [4.78, 5) is 0. The molecule has 1 aliphatic heterocycles. The van der Waals surface area contributed by atoms with Crippen LogP contribution in [0, 0.1) is 0 Å². The average molecular weight is 281 g/mol. The van der Waals surface area contributed by atoms with Crippen molar-refractivity contribution in [2.45, 2.75) is 30.9 Å². The quantitative estimate of drug-likeness (QED) is 0.874. The summed E-state index contributed by atoms with van der Waals surface area (Å²) < 4.78 is 11.7. The highest BCUT2D eigenvalue weighted by atomic mass is 16.5. The van der Waals surface area contributed by atoms with Gasteiger partial charge in [0.2, 0.25) is 0 Å². The number of fused-ring (bicyclic) bond motifs is 2. The molecule has 108 valence electrons. The monoisotopic (exact) mass is 281 g/mol. The van der Waals surface area contributed by atoms with Crippen LogP contribution in [0.25, 0.3) is 0 Å². The number of rotatable bonds is 1. The van der Waals surface area contributed by atoms with Crippen LogP contribution in [-0.2, 0) is 12.8 Å². The van der Waals surface area contributed by atoms with Crippen molar-refractivity contribution in [2.24, 2.45) is 5.73 Å². The van der Waals surface area contributed by atoms with Crippen LogP contribution in [0.15, 0.2) is 42.5 Å². The van der Waals surface area contributed by atoms with Crippen LogP contribution in [0.2, 0.25) is 0 Å². The Labute approximate surface area is 124 Å². The normalized spacial score (nSPS) is 21.5. The summed E-state index contributed by atoms with van der Waals surface area (Å²) in [6, 6.07) is 14.5. The van der Waals surface area contributed by atoms with Gasteiger partial charge in [-0.15, -0.1) is 0 Å². The van der Waals surface area contributed by atoms with Crippen molar-refractivity contribution < 1.29 is 9.47 Å². The Morgan fingerprint density at radius 2 is 1.86 bits per heavy atom. The number of nitrogens with two attached hydrogens (primary N) is 1. The standard InChI is InChI=1S/C18H19NO2/c1-20-14-6-7-17-15(8-14)16(19)11-18(21-17)9-12-4-2-3-5-13(12)10-18/h2-8,16H,9-11,19H2,1H3/t16-/m0/s1. The van der Waals surface area contributed by atoms with Crippen LogP contribution in [0.1, 0.15) is 29.2 Å². The van der Waals surface area contributed by atoms with E-state index in [0.29, 0.717) is 0 Å². The Bertz CT molecular complexity index is 670. The number of hydrogen-bond acceptors (Lipinski definition) is 3. The second-order valence-electron chi connectivity index (χ2n) is 6.12. The highest BCUT2D eigenvalue weighted by Crippen LogP contribution is 2.46. The smallest absolute Gasteiger partial charge is 0.125 e. The SMILES string of the molecule is COc1ccc2c(c1)[C@@H](N)CC1(Cc3ccccc3C1)O2. The number of ether oxygens (including phenoxy) is 2. The van der Waals surface area contributed by atoms with E-state index in [0.717, 1.165) is 36.3 Å². The minimum atomic E-state index is -0.176. The number of methoxy groups -OCH3 is 1. The summed E-state index contributed by atoms with van der Waals surface area (Å²) in [5, 5.41) is 0. The lowest BCUT2D eigenvalue weighted by atomic mass is 9.85. The summed E-state index contributed by atoms with van der Waals surface area (Å²) in [5.41, 5.74) is 10.1. The minimum absolute atomic E-state index is 0.00170. The van der Waals surface area contributed by atoms with E-state index in [1.807, 2.05) is 18.2 Å². The van der Waals surface area contributed by atoms with E-state index < -0.39 is 0 Å². The largest absolute Gasteiger partial charge is 0.497 e. The molecule has 2 N–H and O–H groups in total. The third-order valence-corrected chi connectivity index (χ3v) is 4.68. The Morgan fingerprint density at radius 3 is 2.52 bits per heavy atom. The molecule has 2 aromatic rings. The first-order valence-electron chi connectivity index (χ1n) is 7.38. The van der Waals surface area contributed by atoms with E-state index in [2.05, 4.69) is 24.3 Å². The fourth-order valence-corrected chi connectivity index (χ4v) is 3.70. The molecule has 0 saturated carbocycles. The van der Waals surface area contributed by atoms with Gasteiger partial charge in [0.25, 0.3) is 0 Å². The third-order valence-electron chi connectivity index (χ3n) is 4.68. The fraction of sp³-hybridized carbons (Fsp3) is 0.333. The van der Waals surface area contributed by atoms with Crippen LogP contribution in [0.4, 0.5) is 0 Å². The maximum absolute atomic E-state index is 6.42. The average Bonchev–Trinajstić information content (AvgIpc) is 2.84. The Kier molecular flexibility index (Phi) is 2.73. The Hall–Kier alpha value is -2.00. The molecule has 0 fully saturated rings. The van der Waals surface area contributed by atoms with Gasteiger partial charge in [0.05, 0.1) is 7.11 Å². The molecule has 1 atom stereocenters. The van der Waals surface area contributed by atoms with Gasteiger partial charge in [0.15, 0.2) is 0 Å². The molecule has 0 bridgehead atoms. The molecule has 0 aromatic heterocycles. The lowest BCUT2D eigenvalue weighted by Crippen LogP contribution is -2.43. The molecule has 4 rings (SSSR count). The van der Waals surface area contributed by atoms with Gasteiger partial charge < -0.3 is 15.2 Å². The number of benzene rings is 2. The summed E-state index contributed by atoms with van der Waals surface area (Å²) in [6.07, 6.45) is 2.74. The fourth-order valence-electron chi connectivity index (χ4n) is 3.70. The minimum Gasteiger partial charge on any atom is -0.497 e. The van der Waals surface area contributed by atoms with Crippen LogP contribution in [-0.4, -0.2) is 12.7 Å². The molecular formula is C18H19NO2. The zero-order chi connectivity index (χ0) is 14.4. The second-order valence-corrected chi connectivity index (χ2v) is 6.12. The predicted molar refractivity (Wildman–Crippen MR) is 81.7 cm³/mol. The lowest BCUT2D eigenvalue weighted by molar-refractivity contribution is 0.0458. The first kappa shape index (κ1) is 12.7. The predicted octanol–water partition coefficient (Wildman–Crippen LogP) is 3.02. The molecular weight excluding hydrogens is 262 g/mol. The van der Waals surface area contributed by atoms with Gasteiger partial charge in [-0.2, -0.15) is 0 Å². The van der Waals surface area contributed by atoms with Crippen molar-refractivity contribution in [2.75, 3.05) is 7.11 Å². The zero-order valence-electron chi connectivity index (χ0n) is 12.1. The van der Waals surface area contributed by atoms with Crippen molar-refractivity contribution in [3.8, 4) is 11.5 Å². The van der Waals surface area contributed by atoms with Crippen molar-refractivity contribution in [3.63, 3.8) is 0 Å². The van der Waals surface area contributed by atoms with Crippen molar-refractivity contribution in [3.05, 3.63) is 59.2 Å². The van der Waals surface area contributed by atoms with Gasteiger partial charge in [0.1, 0.15) is 17.1 Å². The Balaban J connectivity index is 1.70. The number of hydrogen-bond donors (Lipinski definition) is 1. The van der Waals surface area contributed by atoms with Crippen LogP contribution in [0.3, 0.4) is 0 Å². The highest BCUT2D eigenvalue weighted by molar-refractivity contribution is 5.46. The second kappa shape index (κ2) is 4.50. The van der Waals surface area contributed by atoms with E-state index in [-0.39, 0.29) is 11.6 Å². The molecule has 1 aliphatic carbocycles. The molecule has 0 amide bonds.